The minimum Gasteiger partial charge on any atom is -0.462 e. The average Bonchev–Trinajstić information content (AvgIpc) is 3.07. The highest BCUT2D eigenvalue weighted by Crippen LogP contribution is 2.44. The fraction of sp³-hybridized carbons (Fsp3) is 0.640. The van der Waals surface area contributed by atoms with E-state index in [9.17, 15) is 4.79 Å². The second kappa shape index (κ2) is 8.20. The Morgan fingerprint density at radius 1 is 1.19 bits per heavy atom. The van der Waals surface area contributed by atoms with Gasteiger partial charge in [-0.15, -0.1) is 0 Å². The zero-order chi connectivity index (χ0) is 19.6. The lowest BCUT2D eigenvalue weighted by Crippen LogP contribution is -2.44. The molecule has 1 aromatic rings. The van der Waals surface area contributed by atoms with Gasteiger partial charge < -0.3 is 4.74 Å². The first-order valence-corrected chi connectivity index (χ1v) is 10.7. The van der Waals surface area contributed by atoms with Crippen LogP contribution in [0.25, 0.3) is 0 Å². The topological polar surface area (TPSA) is 26.3 Å². The van der Waals surface area contributed by atoms with Gasteiger partial charge in [-0.05, 0) is 54.9 Å². The van der Waals surface area contributed by atoms with E-state index in [1.165, 1.54) is 17.6 Å². The van der Waals surface area contributed by atoms with E-state index in [0.717, 1.165) is 32.1 Å². The first kappa shape index (κ1) is 20.2. The molecule has 0 saturated heterocycles. The van der Waals surface area contributed by atoms with Crippen molar-refractivity contribution < 1.29 is 9.53 Å². The molecule has 2 nitrogen and oxygen atoms in total. The first-order chi connectivity index (χ1) is 12.8. The molecule has 0 aliphatic heterocycles. The van der Waals surface area contributed by atoms with Gasteiger partial charge in [0.1, 0.15) is 6.10 Å². The molecule has 2 heteroatoms. The molecule has 0 spiro atoms. The summed E-state index contributed by atoms with van der Waals surface area (Å²) < 4.78 is 6.22. The molecule has 5 atom stereocenters. The van der Waals surface area contributed by atoms with Gasteiger partial charge in [-0.25, -0.2) is 0 Å². The third kappa shape index (κ3) is 4.31. The second-order valence-electron chi connectivity index (χ2n) is 9.53. The number of ether oxygens (including phenoxy) is 1. The molecule has 0 bridgehead atoms. The molecule has 0 N–H and O–H groups in total. The Balaban J connectivity index is 1.76. The fourth-order valence-electron chi connectivity index (χ4n) is 5.33. The highest BCUT2D eigenvalue weighted by Gasteiger charge is 2.43. The van der Waals surface area contributed by atoms with E-state index in [2.05, 4.69) is 57.7 Å². The van der Waals surface area contributed by atoms with Gasteiger partial charge in [0.05, 0.1) is 5.92 Å². The number of esters is 1. The smallest absolute Gasteiger partial charge is 0.309 e. The van der Waals surface area contributed by atoms with Crippen molar-refractivity contribution >= 4 is 5.97 Å². The van der Waals surface area contributed by atoms with E-state index in [1.807, 2.05) is 6.92 Å². The van der Waals surface area contributed by atoms with Crippen LogP contribution < -0.4 is 0 Å². The van der Waals surface area contributed by atoms with Crippen molar-refractivity contribution in [2.24, 2.45) is 23.7 Å². The third-order valence-corrected chi connectivity index (χ3v) is 7.28. The molecular formula is C25H36O2. The summed E-state index contributed by atoms with van der Waals surface area (Å²) in [4.78, 5) is 13.0. The van der Waals surface area contributed by atoms with Gasteiger partial charge in [0.25, 0.3) is 0 Å². The summed E-state index contributed by atoms with van der Waals surface area (Å²) in [7, 11) is 0. The Kier molecular flexibility index (Phi) is 6.13. The minimum atomic E-state index is -0.0716. The zero-order valence-electron chi connectivity index (χ0n) is 17.5. The number of hydrogen-bond acceptors (Lipinski definition) is 2. The maximum atomic E-state index is 13.0. The normalized spacial score (nSPS) is 30.1. The molecule has 0 aromatic heterocycles. The van der Waals surface area contributed by atoms with Crippen molar-refractivity contribution in [2.75, 3.05) is 0 Å². The summed E-state index contributed by atoms with van der Waals surface area (Å²) in [6, 6.07) is 10.7. The number of allylic oxidation sites excluding steroid dienone is 1. The van der Waals surface area contributed by atoms with Gasteiger partial charge in [-0.3, -0.25) is 4.79 Å². The Morgan fingerprint density at radius 3 is 2.52 bits per heavy atom. The van der Waals surface area contributed by atoms with Crippen LogP contribution in [0.3, 0.4) is 0 Å². The molecule has 148 valence electrons. The van der Waals surface area contributed by atoms with Gasteiger partial charge in [-0.1, -0.05) is 76.6 Å². The van der Waals surface area contributed by atoms with Crippen LogP contribution in [0.2, 0.25) is 0 Å². The molecule has 0 heterocycles. The standard InChI is InChI=1S/C25H36O2/c1-17-14-15-22(25(4,5)20-11-7-6-8-12-20)23(16-17)27-24(26)19(3)21-13-9-10-18(21)2/h6-8,11-12,17,19,21-23H,2,9-10,13-16H2,1,3-5H3/t17-,19+,21-,22-,23-/m1/s1. The molecule has 2 aliphatic rings. The third-order valence-electron chi connectivity index (χ3n) is 7.28. The maximum absolute atomic E-state index is 13.0. The SMILES string of the molecule is C=C1CCC[C@H]1[C@H](C)C(=O)O[C@@H]1C[C@H](C)CC[C@H]1C(C)(C)c1ccccc1. The van der Waals surface area contributed by atoms with E-state index in [4.69, 9.17) is 4.74 Å². The highest BCUT2D eigenvalue weighted by atomic mass is 16.5. The first-order valence-electron chi connectivity index (χ1n) is 10.7. The van der Waals surface area contributed by atoms with Crippen LogP contribution in [-0.4, -0.2) is 12.1 Å². The molecule has 3 rings (SSSR count). The second-order valence-corrected chi connectivity index (χ2v) is 9.53. The van der Waals surface area contributed by atoms with Crippen LogP contribution in [0.1, 0.15) is 71.8 Å². The van der Waals surface area contributed by atoms with Crippen molar-refractivity contribution in [3.63, 3.8) is 0 Å². The predicted molar refractivity (Wildman–Crippen MR) is 111 cm³/mol. The van der Waals surface area contributed by atoms with E-state index in [-0.39, 0.29) is 23.4 Å². The number of hydrogen-bond donors (Lipinski definition) is 0. The Hall–Kier alpha value is -1.57. The molecule has 0 radical (unpaired) electrons. The summed E-state index contributed by atoms with van der Waals surface area (Å²) in [6.45, 7) is 13.1. The molecule has 2 aliphatic carbocycles. The lowest BCUT2D eigenvalue weighted by Gasteiger charge is -2.44. The zero-order valence-corrected chi connectivity index (χ0v) is 17.5. The monoisotopic (exact) mass is 368 g/mol. The van der Waals surface area contributed by atoms with Gasteiger partial charge in [0.15, 0.2) is 0 Å². The molecule has 1 aromatic carbocycles. The molecule has 2 fully saturated rings. The van der Waals surface area contributed by atoms with Crippen LogP contribution in [0, 0.1) is 23.7 Å². The Morgan fingerprint density at radius 2 is 1.89 bits per heavy atom. The molecule has 27 heavy (non-hydrogen) atoms. The van der Waals surface area contributed by atoms with Gasteiger partial charge >= 0.3 is 5.97 Å². The quantitative estimate of drug-likeness (QED) is 0.450. The largest absolute Gasteiger partial charge is 0.462 e. The van der Waals surface area contributed by atoms with Crippen molar-refractivity contribution in [1.29, 1.82) is 0 Å². The van der Waals surface area contributed by atoms with Gasteiger partial charge in [0, 0.05) is 5.92 Å². The van der Waals surface area contributed by atoms with Crippen molar-refractivity contribution in [3.05, 3.63) is 48.0 Å². The lowest BCUT2D eigenvalue weighted by molar-refractivity contribution is -0.162. The van der Waals surface area contributed by atoms with Crippen LogP contribution in [0.4, 0.5) is 0 Å². The maximum Gasteiger partial charge on any atom is 0.309 e. The van der Waals surface area contributed by atoms with E-state index in [0.29, 0.717) is 17.8 Å². The molecule has 0 amide bonds. The number of rotatable bonds is 5. The van der Waals surface area contributed by atoms with Crippen molar-refractivity contribution in [1.82, 2.24) is 0 Å². The molecular weight excluding hydrogens is 332 g/mol. The van der Waals surface area contributed by atoms with E-state index >= 15 is 0 Å². The highest BCUT2D eigenvalue weighted by molar-refractivity contribution is 5.73. The Labute approximate surface area is 165 Å². The van der Waals surface area contributed by atoms with Gasteiger partial charge in [-0.2, -0.15) is 0 Å². The predicted octanol–water partition coefficient (Wildman–Crippen LogP) is 6.30. The van der Waals surface area contributed by atoms with Gasteiger partial charge in [0.2, 0.25) is 0 Å². The van der Waals surface area contributed by atoms with Crippen molar-refractivity contribution in [3.8, 4) is 0 Å². The van der Waals surface area contributed by atoms with Crippen LogP contribution in [-0.2, 0) is 14.9 Å². The van der Waals surface area contributed by atoms with Crippen LogP contribution in [0.5, 0.6) is 0 Å². The van der Waals surface area contributed by atoms with E-state index in [1.54, 1.807) is 0 Å². The Bertz CT molecular complexity index is 660. The fourth-order valence-corrected chi connectivity index (χ4v) is 5.33. The van der Waals surface area contributed by atoms with E-state index < -0.39 is 0 Å². The van der Waals surface area contributed by atoms with Crippen LogP contribution in [0.15, 0.2) is 42.5 Å². The molecule has 2 saturated carbocycles. The summed E-state index contributed by atoms with van der Waals surface area (Å²) in [5.41, 5.74) is 2.56. The summed E-state index contributed by atoms with van der Waals surface area (Å²) in [6.07, 6.45) is 6.61. The summed E-state index contributed by atoms with van der Waals surface area (Å²) >= 11 is 0. The van der Waals surface area contributed by atoms with Crippen molar-refractivity contribution in [2.45, 2.75) is 77.7 Å². The average molecular weight is 369 g/mol. The lowest BCUT2D eigenvalue weighted by atomic mass is 9.64. The summed E-state index contributed by atoms with van der Waals surface area (Å²) in [5.74, 6) is 1.19. The summed E-state index contributed by atoms with van der Waals surface area (Å²) in [5, 5.41) is 0. The number of carbonyl (C=O) groups is 1. The van der Waals surface area contributed by atoms with Crippen LogP contribution >= 0.6 is 0 Å². The molecule has 0 unspecified atom stereocenters. The minimum absolute atomic E-state index is 0.00740. The number of benzene rings is 1. The number of carbonyl (C=O) groups excluding carboxylic acids is 1.